The second-order valence-electron chi connectivity index (χ2n) is 5.22. The van der Waals surface area contributed by atoms with E-state index in [1.807, 2.05) is 0 Å². The van der Waals surface area contributed by atoms with Gasteiger partial charge in [-0.25, -0.2) is 4.79 Å². The number of hydrogen-bond donors (Lipinski definition) is 3. The Morgan fingerprint density at radius 1 is 1.08 bits per heavy atom. The Morgan fingerprint density at radius 3 is 2.38 bits per heavy atom. The van der Waals surface area contributed by atoms with Crippen LogP contribution in [0, 0.1) is 10.1 Å². The molecule has 0 aliphatic heterocycles. The Kier molecular flexibility index (Phi) is 4.44. The molecule has 1 aromatic heterocycles. The third-order valence-corrected chi connectivity index (χ3v) is 3.61. The highest BCUT2D eigenvalue weighted by atomic mass is 16.6. The monoisotopic (exact) mass is 352 g/mol. The molecule has 0 spiro atoms. The first kappa shape index (κ1) is 16.8. The van der Waals surface area contributed by atoms with Crippen molar-refractivity contribution in [3.63, 3.8) is 0 Å². The molecule has 3 rings (SSSR count). The molecule has 3 aromatic rings. The fourth-order valence-corrected chi connectivity index (χ4v) is 2.43. The summed E-state index contributed by atoms with van der Waals surface area (Å²) in [5.74, 6) is -2.13. The minimum absolute atomic E-state index is 0.0631. The van der Waals surface area contributed by atoms with Crippen LogP contribution in [0.15, 0.2) is 54.6 Å². The number of H-pyrrole nitrogens is 1. The first-order valence-corrected chi connectivity index (χ1v) is 7.41. The molecule has 9 heteroatoms. The smallest absolute Gasteiger partial charge is 0.356 e. The number of rotatable bonds is 5. The lowest BCUT2D eigenvalue weighted by atomic mass is 10.1. The van der Waals surface area contributed by atoms with Gasteiger partial charge in [0.15, 0.2) is 5.69 Å². The number of amides is 1. The Labute approximate surface area is 146 Å². The predicted octanol–water partition coefficient (Wildman–Crippen LogP) is 2.94. The Balaban J connectivity index is 2.05. The molecule has 3 N–H and O–H groups in total. The molecule has 0 aliphatic rings. The second-order valence-corrected chi connectivity index (χ2v) is 5.22. The summed E-state index contributed by atoms with van der Waals surface area (Å²) >= 11 is 0. The van der Waals surface area contributed by atoms with Gasteiger partial charge in [-0.05, 0) is 6.07 Å². The number of para-hydroxylation sites is 1. The summed E-state index contributed by atoms with van der Waals surface area (Å²) in [5.41, 5.74) is -0.160. The summed E-state index contributed by atoms with van der Waals surface area (Å²) in [6.07, 6.45) is 0. The maximum atomic E-state index is 12.5. The zero-order valence-corrected chi connectivity index (χ0v) is 13.2. The zero-order valence-electron chi connectivity index (χ0n) is 13.2. The predicted molar refractivity (Wildman–Crippen MR) is 92.0 cm³/mol. The lowest BCUT2D eigenvalue weighted by Gasteiger charge is -2.07. The van der Waals surface area contributed by atoms with E-state index in [1.165, 1.54) is 24.3 Å². The SMILES string of the molecule is O=C(Nc1c(-c2ccccc2)n[nH]c1C(=O)O)c1ccccc1[N+](=O)[O-]. The highest BCUT2D eigenvalue weighted by Gasteiger charge is 2.25. The number of nitro groups is 1. The highest BCUT2D eigenvalue weighted by molar-refractivity contribution is 6.11. The molecule has 0 aliphatic carbocycles. The van der Waals surface area contributed by atoms with Crippen LogP contribution in [0.2, 0.25) is 0 Å². The van der Waals surface area contributed by atoms with E-state index in [1.54, 1.807) is 30.3 Å². The summed E-state index contributed by atoms with van der Waals surface area (Å²) in [7, 11) is 0. The molecule has 0 fully saturated rings. The van der Waals surface area contributed by atoms with Crippen molar-refractivity contribution in [2.75, 3.05) is 5.32 Å². The van der Waals surface area contributed by atoms with Crippen LogP contribution >= 0.6 is 0 Å². The molecule has 9 nitrogen and oxygen atoms in total. The topological polar surface area (TPSA) is 138 Å². The number of nitro benzene ring substituents is 1. The molecule has 0 unspecified atom stereocenters. The van der Waals surface area contributed by atoms with Crippen LogP contribution < -0.4 is 5.32 Å². The Morgan fingerprint density at radius 2 is 1.73 bits per heavy atom. The lowest BCUT2D eigenvalue weighted by molar-refractivity contribution is -0.385. The van der Waals surface area contributed by atoms with E-state index in [2.05, 4.69) is 15.5 Å². The normalized spacial score (nSPS) is 10.3. The molecular formula is C17H12N4O5. The van der Waals surface area contributed by atoms with E-state index in [0.717, 1.165) is 0 Å². The van der Waals surface area contributed by atoms with Crippen molar-refractivity contribution in [2.45, 2.75) is 0 Å². The van der Waals surface area contributed by atoms with E-state index >= 15 is 0 Å². The molecule has 0 atom stereocenters. The van der Waals surface area contributed by atoms with Crippen molar-refractivity contribution in [2.24, 2.45) is 0 Å². The third kappa shape index (κ3) is 3.13. The summed E-state index contributed by atoms with van der Waals surface area (Å²) < 4.78 is 0. The molecule has 0 bridgehead atoms. The molecule has 0 saturated carbocycles. The Hall–Kier alpha value is -4.01. The van der Waals surface area contributed by atoms with Gasteiger partial charge in [-0.3, -0.25) is 20.0 Å². The number of aromatic amines is 1. The minimum Gasteiger partial charge on any atom is -0.476 e. The van der Waals surface area contributed by atoms with Crippen LogP contribution in [0.25, 0.3) is 11.3 Å². The largest absolute Gasteiger partial charge is 0.476 e. The van der Waals surface area contributed by atoms with E-state index in [4.69, 9.17) is 0 Å². The number of carbonyl (C=O) groups excluding carboxylic acids is 1. The van der Waals surface area contributed by atoms with Gasteiger partial charge in [0.05, 0.1) is 4.92 Å². The van der Waals surface area contributed by atoms with Gasteiger partial charge < -0.3 is 10.4 Å². The van der Waals surface area contributed by atoms with Gasteiger partial charge in [0.1, 0.15) is 16.9 Å². The molecule has 26 heavy (non-hydrogen) atoms. The summed E-state index contributed by atoms with van der Waals surface area (Å²) in [6.45, 7) is 0. The number of carboxylic acid groups (broad SMARTS) is 1. The number of aromatic carboxylic acids is 1. The molecule has 2 aromatic carbocycles. The quantitative estimate of drug-likeness (QED) is 0.477. The van der Waals surface area contributed by atoms with Crippen molar-refractivity contribution < 1.29 is 19.6 Å². The van der Waals surface area contributed by atoms with E-state index < -0.39 is 16.8 Å². The van der Waals surface area contributed by atoms with Gasteiger partial charge in [-0.15, -0.1) is 0 Å². The maximum Gasteiger partial charge on any atom is 0.356 e. The van der Waals surface area contributed by atoms with E-state index in [-0.39, 0.29) is 28.3 Å². The van der Waals surface area contributed by atoms with Gasteiger partial charge in [0, 0.05) is 11.6 Å². The number of benzene rings is 2. The standard InChI is InChI=1S/C17H12N4O5/c22-16(11-8-4-5-9-12(11)21(25)26)18-14-13(10-6-2-1-3-7-10)19-20-15(14)17(23)24/h1-9H,(H,18,22)(H,19,20)(H,23,24). The van der Waals surface area contributed by atoms with E-state index in [9.17, 15) is 24.8 Å². The van der Waals surface area contributed by atoms with Crippen molar-refractivity contribution in [1.29, 1.82) is 0 Å². The summed E-state index contributed by atoms with van der Waals surface area (Å²) in [4.78, 5) is 34.4. The fourth-order valence-electron chi connectivity index (χ4n) is 2.43. The number of aromatic nitrogens is 2. The van der Waals surface area contributed by atoms with Crippen molar-refractivity contribution >= 4 is 23.3 Å². The number of anilines is 1. The first-order chi connectivity index (χ1) is 12.5. The van der Waals surface area contributed by atoms with Crippen LogP contribution in [0.5, 0.6) is 0 Å². The average molecular weight is 352 g/mol. The van der Waals surface area contributed by atoms with Gasteiger partial charge >= 0.3 is 5.97 Å². The van der Waals surface area contributed by atoms with Crippen LogP contribution in [0.4, 0.5) is 11.4 Å². The zero-order chi connectivity index (χ0) is 18.7. The number of hydrogen-bond acceptors (Lipinski definition) is 5. The molecular weight excluding hydrogens is 340 g/mol. The van der Waals surface area contributed by atoms with Gasteiger partial charge in [0.25, 0.3) is 11.6 Å². The van der Waals surface area contributed by atoms with Crippen LogP contribution in [-0.4, -0.2) is 32.1 Å². The fraction of sp³-hybridized carbons (Fsp3) is 0. The summed E-state index contributed by atoms with van der Waals surface area (Å²) in [5, 5.41) is 29.2. The van der Waals surface area contributed by atoms with Gasteiger partial charge in [0.2, 0.25) is 0 Å². The van der Waals surface area contributed by atoms with Crippen LogP contribution in [-0.2, 0) is 0 Å². The lowest BCUT2D eigenvalue weighted by Crippen LogP contribution is -2.16. The van der Waals surface area contributed by atoms with Crippen molar-refractivity contribution in [3.8, 4) is 11.3 Å². The number of carbonyl (C=O) groups is 2. The first-order valence-electron chi connectivity index (χ1n) is 7.41. The average Bonchev–Trinajstić information content (AvgIpc) is 3.06. The van der Waals surface area contributed by atoms with Crippen LogP contribution in [0.3, 0.4) is 0 Å². The second kappa shape index (κ2) is 6.85. The molecule has 130 valence electrons. The number of nitrogens with zero attached hydrogens (tertiary/aromatic N) is 2. The van der Waals surface area contributed by atoms with Gasteiger partial charge in [-0.2, -0.15) is 5.10 Å². The van der Waals surface area contributed by atoms with Gasteiger partial charge in [-0.1, -0.05) is 42.5 Å². The maximum absolute atomic E-state index is 12.5. The molecule has 0 radical (unpaired) electrons. The summed E-state index contributed by atoms with van der Waals surface area (Å²) in [6, 6.07) is 14.0. The third-order valence-electron chi connectivity index (χ3n) is 3.61. The minimum atomic E-state index is -1.32. The molecule has 1 amide bonds. The van der Waals surface area contributed by atoms with Crippen molar-refractivity contribution in [1.82, 2.24) is 10.2 Å². The van der Waals surface area contributed by atoms with E-state index in [0.29, 0.717) is 5.56 Å². The number of nitrogens with one attached hydrogen (secondary N) is 2. The van der Waals surface area contributed by atoms with Crippen molar-refractivity contribution in [3.05, 3.63) is 76.0 Å². The molecule has 0 saturated heterocycles. The highest BCUT2D eigenvalue weighted by Crippen LogP contribution is 2.30. The Bertz CT molecular complexity index is 997. The van der Waals surface area contributed by atoms with Crippen LogP contribution in [0.1, 0.15) is 20.8 Å². The molecule has 1 heterocycles. The number of carboxylic acids is 1.